The lowest BCUT2D eigenvalue weighted by Crippen LogP contribution is -2.60. The lowest BCUT2D eigenvalue weighted by molar-refractivity contribution is -0.173. The lowest BCUT2D eigenvalue weighted by atomic mass is 9.42. The number of ketones is 2. The quantitative estimate of drug-likeness (QED) is 0.736. The van der Waals surface area contributed by atoms with Crippen molar-refractivity contribution in [3.63, 3.8) is 0 Å². The summed E-state index contributed by atoms with van der Waals surface area (Å²) in [5.74, 6) is 2.95. The summed E-state index contributed by atoms with van der Waals surface area (Å²) in [5, 5.41) is 10.4. The Kier molecular flexibility index (Phi) is 5.09. The van der Waals surface area contributed by atoms with E-state index in [1.54, 1.807) is 6.92 Å². The molecule has 28 heavy (non-hydrogen) atoms. The molecule has 10 atom stereocenters. The third-order valence-corrected chi connectivity index (χ3v) is 10.4. The molecule has 3 heteroatoms. The highest BCUT2D eigenvalue weighted by molar-refractivity contribution is 5.86. The van der Waals surface area contributed by atoms with Crippen molar-refractivity contribution in [1.29, 1.82) is 0 Å². The van der Waals surface area contributed by atoms with Gasteiger partial charge < -0.3 is 5.11 Å². The summed E-state index contributed by atoms with van der Waals surface area (Å²) >= 11 is 0. The average molecular weight is 389 g/mol. The summed E-state index contributed by atoms with van der Waals surface area (Å²) in [6, 6.07) is 0. The first kappa shape index (κ1) is 20.6. The molecule has 0 heterocycles. The van der Waals surface area contributed by atoms with Crippen molar-refractivity contribution in [3.05, 3.63) is 0 Å². The molecule has 0 aliphatic heterocycles. The van der Waals surface area contributed by atoms with E-state index in [4.69, 9.17) is 0 Å². The molecular weight excluding hydrogens is 348 g/mol. The molecule has 0 saturated heterocycles. The van der Waals surface area contributed by atoms with Crippen molar-refractivity contribution in [2.45, 2.75) is 92.1 Å². The first-order valence-corrected chi connectivity index (χ1v) is 11.9. The Morgan fingerprint density at radius 3 is 2.36 bits per heavy atom. The summed E-state index contributed by atoms with van der Waals surface area (Å²) in [7, 11) is 0. The second-order valence-corrected chi connectivity index (χ2v) is 11.3. The molecule has 0 bridgehead atoms. The number of aliphatic hydroxyl groups excluding tert-OH is 1. The Balaban J connectivity index is 1.71. The van der Waals surface area contributed by atoms with Crippen molar-refractivity contribution < 1.29 is 14.7 Å². The van der Waals surface area contributed by atoms with Crippen molar-refractivity contribution >= 4 is 11.6 Å². The number of fused-ring (bicyclic) bond motifs is 5. The van der Waals surface area contributed by atoms with Crippen molar-refractivity contribution in [1.82, 2.24) is 0 Å². The number of carbonyl (C=O) groups is 2. The third-order valence-electron chi connectivity index (χ3n) is 10.4. The van der Waals surface area contributed by atoms with Gasteiger partial charge in [0.05, 0.1) is 6.10 Å². The fourth-order valence-corrected chi connectivity index (χ4v) is 8.78. The molecule has 158 valence electrons. The second kappa shape index (κ2) is 6.93. The van der Waals surface area contributed by atoms with E-state index in [1.807, 2.05) is 0 Å². The van der Waals surface area contributed by atoms with Gasteiger partial charge in [-0.05, 0) is 92.8 Å². The van der Waals surface area contributed by atoms with E-state index in [-0.39, 0.29) is 34.7 Å². The first-order chi connectivity index (χ1) is 13.1. The van der Waals surface area contributed by atoms with Crippen LogP contribution in [0.5, 0.6) is 0 Å². The van der Waals surface area contributed by atoms with E-state index in [9.17, 15) is 14.7 Å². The molecule has 0 aromatic rings. The largest absolute Gasteiger partial charge is 0.393 e. The van der Waals surface area contributed by atoms with Crippen LogP contribution in [0.2, 0.25) is 0 Å². The number of aliphatic hydroxyl groups is 1. The molecule has 0 aromatic carbocycles. The SMILES string of the molecule is CC[C@H]1C(=O)[C@@H]2[C@H](CC[C@]3(C)[C@@H]([C@H](C)C(C)=O)CC[C@@H]23)[C@@]2(C)CC[C@@H](O)C[C@@H]12. The molecule has 1 N–H and O–H groups in total. The molecule has 4 saturated carbocycles. The summed E-state index contributed by atoms with van der Waals surface area (Å²) in [4.78, 5) is 26.0. The standard InChI is InChI=1S/C25H40O3/c1-6-17-21-13-16(27)9-11-25(21,5)20-10-12-24(4)18(14(2)15(3)26)7-8-19(24)22(20)23(17)28/h14,16-22,27H,6-13H2,1-5H3/t14-,16-,17-,18-,19+,20+,21+,22+,24-,25-/m1/s1. The maximum atomic E-state index is 13.8. The van der Waals surface area contributed by atoms with Gasteiger partial charge in [0.1, 0.15) is 11.6 Å². The van der Waals surface area contributed by atoms with E-state index < -0.39 is 0 Å². The topological polar surface area (TPSA) is 54.4 Å². The zero-order valence-electron chi connectivity index (χ0n) is 18.5. The molecule has 3 nitrogen and oxygen atoms in total. The number of hydrogen-bond acceptors (Lipinski definition) is 3. The van der Waals surface area contributed by atoms with Crippen LogP contribution < -0.4 is 0 Å². The van der Waals surface area contributed by atoms with E-state index in [0.717, 1.165) is 51.4 Å². The van der Waals surface area contributed by atoms with Gasteiger partial charge in [0.15, 0.2) is 0 Å². The molecule has 4 aliphatic rings. The minimum atomic E-state index is -0.224. The van der Waals surface area contributed by atoms with Crippen molar-refractivity contribution in [2.24, 2.45) is 52.3 Å². The van der Waals surface area contributed by atoms with Gasteiger partial charge in [-0.1, -0.05) is 27.7 Å². The molecule has 0 aromatic heterocycles. The van der Waals surface area contributed by atoms with Gasteiger partial charge in [-0.2, -0.15) is 0 Å². The van der Waals surface area contributed by atoms with E-state index in [2.05, 4.69) is 27.7 Å². The highest BCUT2D eigenvalue weighted by atomic mass is 16.3. The van der Waals surface area contributed by atoms with Crippen LogP contribution in [0, 0.1) is 52.3 Å². The van der Waals surface area contributed by atoms with Crippen LogP contribution in [0.25, 0.3) is 0 Å². The van der Waals surface area contributed by atoms with Crippen LogP contribution >= 0.6 is 0 Å². The van der Waals surface area contributed by atoms with Crippen LogP contribution in [0.1, 0.15) is 86.0 Å². The van der Waals surface area contributed by atoms with Gasteiger partial charge in [0.25, 0.3) is 0 Å². The molecule has 0 radical (unpaired) electrons. The average Bonchev–Trinajstić information content (AvgIpc) is 3.00. The summed E-state index contributed by atoms with van der Waals surface area (Å²) in [6.07, 6.45) is 7.98. The van der Waals surface area contributed by atoms with Crippen LogP contribution in [-0.2, 0) is 9.59 Å². The monoisotopic (exact) mass is 388 g/mol. The van der Waals surface area contributed by atoms with Crippen LogP contribution in [-0.4, -0.2) is 22.8 Å². The Labute approximate surface area is 171 Å². The minimum absolute atomic E-state index is 0.111. The van der Waals surface area contributed by atoms with E-state index in [0.29, 0.717) is 35.2 Å². The van der Waals surface area contributed by atoms with Crippen LogP contribution in [0.15, 0.2) is 0 Å². The van der Waals surface area contributed by atoms with Gasteiger partial charge in [-0.25, -0.2) is 0 Å². The summed E-state index contributed by atoms with van der Waals surface area (Å²) < 4.78 is 0. The molecular formula is C25H40O3. The molecule has 4 fully saturated rings. The van der Waals surface area contributed by atoms with Gasteiger partial charge in [-0.15, -0.1) is 0 Å². The molecule has 4 rings (SSSR count). The highest BCUT2D eigenvalue weighted by Gasteiger charge is 2.65. The number of hydrogen-bond donors (Lipinski definition) is 1. The fourth-order valence-electron chi connectivity index (χ4n) is 8.78. The van der Waals surface area contributed by atoms with Crippen molar-refractivity contribution in [2.75, 3.05) is 0 Å². The van der Waals surface area contributed by atoms with Gasteiger partial charge in [-0.3, -0.25) is 9.59 Å². The lowest BCUT2D eigenvalue weighted by Gasteiger charge is -2.62. The number of rotatable bonds is 3. The predicted molar refractivity (Wildman–Crippen MR) is 111 cm³/mol. The Hall–Kier alpha value is -0.700. The maximum Gasteiger partial charge on any atom is 0.139 e. The van der Waals surface area contributed by atoms with Crippen molar-refractivity contribution in [3.8, 4) is 0 Å². The molecule has 0 spiro atoms. The first-order valence-electron chi connectivity index (χ1n) is 11.9. The maximum absolute atomic E-state index is 13.8. The number of carbonyl (C=O) groups excluding carboxylic acids is 2. The van der Waals surface area contributed by atoms with Gasteiger partial charge in [0.2, 0.25) is 0 Å². The van der Waals surface area contributed by atoms with Crippen LogP contribution in [0.3, 0.4) is 0 Å². The number of Topliss-reactive ketones (excluding diaryl/α,β-unsaturated/α-hetero) is 2. The minimum Gasteiger partial charge on any atom is -0.393 e. The summed E-state index contributed by atoms with van der Waals surface area (Å²) in [6.45, 7) is 10.9. The van der Waals surface area contributed by atoms with Gasteiger partial charge >= 0.3 is 0 Å². The normalized spacial score (nSPS) is 51.8. The Morgan fingerprint density at radius 1 is 1.07 bits per heavy atom. The highest BCUT2D eigenvalue weighted by Crippen LogP contribution is 2.68. The van der Waals surface area contributed by atoms with E-state index >= 15 is 0 Å². The zero-order valence-corrected chi connectivity index (χ0v) is 18.5. The second-order valence-electron chi connectivity index (χ2n) is 11.3. The Bertz CT molecular complexity index is 656. The van der Waals surface area contributed by atoms with Crippen LogP contribution in [0.4, 0.5) is 0 Å². The predicted octanol–water partition coefficient (Wildman–Crippen LogP) is 5.05. The third kappa shape index (κ3) is 2.71. The summed E-state index contributed by atoms with van der Waals surface area (Å²) in [5.41, 5.74) is 0.335. The van der Waals surface area contributed by atoms with E-state index in [1.165, 1.54) is 0 Å². The Morgan fingerprint density at radius 2 is 1.71 bits per heavy atom. The molecule has 4 aliphatic carbocycles. The molecule has 0 amide bonds. The molecule has 0 unspecified atom stereocenters. The fraction of sp³-hybridized carbons (Fsp3) is 0.920. The van der Waals surface area contributed by atoms with Gasteiger partial charge in [0, 0.05) is 17.8 Å². The smallest absolute Gasteiger partial charge is 0.139 e. The zero-order chi connectivity index (χ0) is 20.4.